The van der Waals surface area contributed by atoms with E-state index >= 15 is 0 Å². The molecule has 0 radical (unpaired) electrons. The fraction of sp³-hybridized carbons (Fsp3) is 0.111. The van der Waals surface area contributed by atoms with Crippen molar-refractivity contribution in [3.8, 4) is 5.75 Å². The van der Waals surface area contributed by atoms with Crippen LogP contribution in [0, 0.1) is 6.92 Å². The standard InChI is InChI=1S/C18H15NO/c1-12-6-7-17-15(10-12)16(11-19-17)13-8-9-20-18-5-3-2-4-14(13)18/h2-11,13,19H,1H3. The zero-order valence-corrected chi connectivity index (χ0v) is 11.3. The number of hydrogen-bond acceptors (Lipinski definition) is 1. The molecule has 0 amide bonds. The summed E-state index contributed by atoms with van der Waals surface area (Å²) in [4.78, 5) is 3.37. The molecule has 0 saturated carbocycles. The number of nitrogens with one attached hydrogen (secondary N) is 1. The van der Waals surface area contributed by atoms with Crippen LogP contribution in [0.4, 0.5) is 0 Å². The van der Waals surface area contributed by atoms with E-state index in [4.69, 9.17) is 4.74 Å². The van der Waals surface area contributed by atoms with Gasteiger partial charge in [0.1, 0.15) is 5.75 Å². The van der Waals surface area contributed by atoms with Gasteiger partial charge in [-0.15, -0.1) is 0 Å². The predicted octanol–water partition coefficient (Wildman–Crippen LogP) is 4.51. The van der Waals surface area contributed by atoms with Gasteiger partial charge in [-0.3, -0.25) is 0 Å². The van der Waals surface area contributed by atoms with Crippen molar-refractivity contribution in [3.63, 3.8) is 0 Å². The topological polar surface area (TPSA) is 25.0 Å². The van der Waals surface area contributed by atoms with E-state index in [1.165, 1.54) is 27.6 Å². The molecular formula is C18H15NO. The fourth-order valence-corrected chi connectivity index (χ4v) is 2.92. The second kappa shape index (κ2) is 4.27. The lowest BCUT2D eigenvalue weighted by atomic mass is 9.89. The molecule has 1 aliphatic heterocycles. The Labute approximate surface area is 117 Å². The van der Waals surface area contributed by atoms with E-state index in [-0.39, 0.29) is 5.92 Å². The van der Waals surface area contributed by atoms with Crippen LogP contribution in [0.25, 0.3) is 10.9 Å². The first kappa shape index (κ1) is 11.4. The monoisotopic (exact) mass is 261 g/mol. The summed E-state index contributed by atoms with van der Waals surface area (Å²) in [5, 5.41) is 1.29. The summed E-state index contributed by atoms with van der Waals surface area (Å²) in [5.41, 5.74) is 4.98. The second-order valence-electron chi connectivity index (χ2n) is 5.25. The molecule has 2 aromatic carbocycles. The molecule has 2 nitrogen and oxygen atoms in total. The number of aromatic amines is 1. The minimum absolute atomic E-state index is 0.246. The number of aryl methyl sites for hydroxylation is 1. The Morgan fingerprint density at radius 2 is 1.95 bits per heavy atom. The van der Waals surface area contributed by atoms with Crippen LogP contribution in [-0.4, -0.2) is 4.98 Å². The summed E-state index contributed by atoms with van der Waals surface area (Å²) in [6.07, 6.45) is 6.02. The van der Waals surface area contributed by atoms with E-state index in [2.05, 4.69) is 54.5 Å². The first-order chi connectivity index (χ1) is 9.83. The molecule has 0 aliphatic carbocycles. The van der Waals surface area contributed by atoms with Gasteiger partial charge >= 0.3 is 0 Å². The Morgan fingerprint density at radius 3 is 2.90 bits per heavy atom. The molecule has 98 valence electrons. The van der Waals surface area contributed by atoms with E-state index in [0.717, 1.165) is 5.75 Å². The number of benzene rings is 2. The van der Waals surface area contributed by atoms with E-state index < -0.39 is 0 Å². The summed E-state index contributed by atoms with van der Waals surface area (Å²) in [5.74, 6) is 1.19. The maximum absolute atomic E-state index is 5.60. The number of H-pyrrole nitrogens is 1. The minimum atomic E-state index is 0.246. The molecule has 1 atom stereocenters. The van der Waals surface area contributed by atoms with E-state index in [0.29, 0.717) is 0 Å². The van der Waals surface area contributed by atoms with Crippen LogP contribution in [0.1, 0.15) is 22.6 Å². The van der Waals surface area contributed by atoms with Gasteiger partial charge in [-0.25, -0.2) is 0 Å². The highest BCUT2D eigenvalue weighted by molar-refractivity contribution is 5.85. The zero-order valence-electron chi connectivity index (χ0n) is 11.3. The summed E-state index contributed by atoms with van der Waals surface area (Å²) in [6.45, 7) is 2.13. The van der Waals surface area contributed by atoms with Crippen LogP contribution in [0.5, 0.6) is 5.75 Å². The lowest BCUT2D eigenvalue weighted by Crippen LogP contribution is -2.04. The molecule has 1 unspecified atom stereocenters. The minimum Gasteiger partial charge on any atom is -0.465 e. The van der Waals surface area contributed by atoms with Crippen molar-refractivity contribution in [2.45, 2.75) is 12.8 Å². The van der Waals surface area contributed by atoms with E-state index in [9.17, 15) is 0 Å². The van der Waals surface area contributed by atoms with Crippen molar-refractivity contribution in [2.75, 3.05) is 0 Å². The Kier molecular flexibility index (Phi) is 2.43. The maximum Gasteiger partial charge on any atom is 0.130 e. The molecule has 0 saturated heterocycles. The molecule has 20 heavy (non-hydrogen) atoms. The third-order valence-electron chi connectivity index (χ3n) is 3.92. The Bertz CT molecular complexity index is 813. The largest absolute Gasteiger partial charge is 0.465 e. The van der Waals surface area contributed by atoms with Crippen LogP contribution >= 0.6 is 0 Å². The molecule has 1 aromatic heterocycles. The third kappa shape index (κ3) is 1.65. The number of aromatic nitrogens is 1. The van der Waals surface area contributed by atoms with Gasteiger partial charge in [-0.1, -0.05) is 29.8 Å². The Balaban J connectivity index is 1.93. The van der Waals surface area contributed by atoms with Crippen LogP contribution in [0.3, 0.4) is 0 Å². The van der Waals surface area contributed by atoms with Gasteiger partial charge in [0, 0.05) is 28.6 Å². The average molecular weight is 261 g/mol. The molecule has 2 heteroatoms. The highest BCUT2D eigenvalue weighted by Gasteiger charge is 2.21. The van der Waals surface area contributed by atoms with Gasteiger partial charge in [-0.2, -0.15) is 0 Å². The molecule has 0 spiro atoms. The number of rotatable bonds is 1. The zero-order chi connectivity index (χ0) is 13.5. The Hall–Kier alpha value is -2.48. The van der Waals surface area contributed by atoms with Crippen LogP contribution in [-0.2, 0) is 0 Å². The fourth-order valence-electron chi connectivity index (χ4n) is 2.92. The highest BCUT2D eigenvalue weighted by Crippen LogP contribution is 2.38. The third-order valence-corrected chi connectivity index (χ3v) is 3.92. The highest BCUT2D eigenvalue weighted by atomic mass is 16.5. The first-order valence-corrected chi connectivity index (χ1v) is 6.83. The number of allylic oxidation sites excluding steroid dienone is 1. The lowest BCUT2D eigenvalue weighted by Gasteiger charge is -2.20. The molecule has 2 heterocycles. The van der Waals surface area contributed by atoms with E-state index in [1.807, 2.05) is 12.1 Å². The smallest absolute Gasteiger partial charge is 0.130 e. The van der Waals surface area contributed by atoms with Crippen molar-refractivity contribution in [3.05, 3.63) is 77.7 Å². The number of ether oxygens (including phenoxy) is 1. The predicted molar refractivity (Wildman–Crippen MR) is 81.1 cm³/mol. The van der Waals surface area contributed by atoms with E-state index in [1.54, 1.807) is 6.26 Å². The lowest BCUT2D eigenvalue weighted by molar-refractivity contribution is 0.459. The summed E-state index contributed by atoms with van der Waals surface area (Å²) in [6, 6.07) is 14.7. The van der Waals surface area contributed by atoms with Crippen molar-refractivity contribution in [1.29, 1.82) is 0 Å². The van der Waals surface area contributed by atoms with Gasteiger partial charge in [0.2, 0.25) is 0 Å². The molecule has 0 fully saturated rings. The number of para-hydroxylation sites is 1. The van der Waals surface area contributed by atoms with Crippen molar-refractivity contribution < 1.29 is 4.74 Å². The van der Waals surface area contributed by atoms with Crippen LogP contribution in [0.15, 0.2) is 61.0 Å². The molecule has 3 aromatic rings. The maximum atomic E-state index is 5.60. The second-order valence-corrected chi connectivity index (χ2v) is 5.25. The van der Waals surface area contributed by atoms with Crippen molar-refractivity contribution in [1.82, 2.24) is 4.98 Å². The summed E-state index contributed by atoms with van der Waals surface area (Å²) < 4.78 is 5.60. The molecule has 1 aliphatic rings. The molecule has 1 N–H and O–H groups in total. The number of fused-ring (bicyclic) bond motifs is 2. The van der Waals surface area contributed by atoms with Crippen molar-refractivity contribution >= 4 is 10.9 Å². The summed E-state index contributed by atoms with van der Waals surface area (Å²) in [7, 11) is 0. The van der Waals surface area contributed by atoms with Crippen LogP contribution < -0.4 is 4.74 Å². The molecular weight excluding hydrogens is 246 g/mol. The van der Waals surface area contributed by atoms with Gasteiger partial charge in [0.05, 0.1) is 6.26 Å². The molecule has 0 bridgehead atoms. The normalized spacial score (nSPS) is 16.9. The van der Waals surface area contributed by atoms with Gasteiger partial charge < -0.3 is 9.72 Å². The van der Waals surface area contributed by atoms with Crippen molar-refractivity contribution in [2.24, 2.45) is 0 Å². The van der Waals surface area contributed by atoms with Gasteiger partial charge in [-0.05, 0) is 36.8 Å². The average Bonchev–Trinajstić information content (AvgIpc) is 2.89. The van der Waals surface area contributed by atoms with Crippen LogP contribution in [0.2, 0.25) is 0 Å². The SMILES string of the molecule is Cc1ccc2[nH]cc(C3C=COc4ccccc43)c2c1. The Morgan fingerprint density at radius 1 is 1.05 bits per heavy atom. The summed E-state index contributed by atoms with van der Waals surface area (Å²) >= 11 is 0. The van der Waals surface area contributed by atoms with Gasteiger partial charge in [0.15, 0.2) is 0 Å². The molecule has 4 rings (SSSR count). The quantitative estimate of drug-likeness (QED) is 0.684. The number of hydrogen-bond donors (Lipinski definition) is 1. The van der Waals surface area contributed by atoms with Gasteiger partial charge in [0.25, 0.3) is 0 Å². The first-order valence-electron chi connectivity index (χ1n) is 6.83.